The van der Waals surface area contributed by atoms with Crippen molar-refractivity contribution >= 4 is 30.7 Å². The third kappa shape index (κ3) is 4.40. The third-order valence-electron chi connectivity index (χ3n) is 5.05. The SMILES string of the molecule is Cc1cc(C)n(C(C)C(=O)N2C[C@@H](CN)[C@H](c3ccccc3)C2)n1.Cl.Cl. The first kappa shape index (κ1) is 22.5. The molecule has 1 unspecified atom stereocenters. The van der Waals surface area contributed by atoms with Crippen LogP contribution in [0.15, 0.2) is 36.4 Å². The minimum absolute atomic E-state index is 0. The van der Waals surface area contributed by atoms with E-state index >= 15 is 0 Å². The number of carbonyl (C=O) groups is 1. The summed E-state index contributed by atoms with van der Waals surface area (Å²) in [7, 11) is 0. The van der Waals surface area contributed by atoms with Crippen LogP contribution in [0.1, 0.15) is 35.8 Å². The molecule has 1 fully saturated rings. The van der Waals surface area contributed by atoms with Gasteiger partial charge in [-0.3, -0.25) is 9.48 Å². The summed E-state index contributed by atoms with van der Waals surface area (Å²) < 4.78 is 1.82. The average molecular weight is 399 g/mol. The number of benzene rings is 1. The topological polar surface area (TPSA) is 64.2 Å². The first-order chi connectivity index (χ1) is 11.5. The Kier molecular flexibility index (Phi) is 8.13. The third-order valence-corrected chi connectivity index (χ3v) is 5.05. The number of hydrogen-bond donors (Lipinski definition) is 1. The minimum Gasteiger partial charge on any atom is -0.340 e. The highest BCUT2D eigenvalue weighted by Crippen LogP contribution is 2.33. The van der Waals surface area contributed by atoms with Crippen LogP contribution in [0, 0.1) is 19.8 Å². The Bertz CT molecular complexity index is 720. The van der Waals surface area contributed by atoms with E-state index in [2.05, 4.69) is 17.2 Å². The molecule has 3 rings (SSSR count). The summed E-state index contributed by atoms with van der Waals surface area (Å²) in [6.45, 7) is 7.91. The highest BCUT2D eigenvalue weighted by Gasteiger charge is 2.37. The van der Waals surface area contributed by atoms with Crippen molar-refractivity contribution in [2.24, 2.45) is 11.7 Å². The number of halogens is 2. The predicted octanol–water partition coefficient (Wildman–Crippen LogP) is 3.11. The molecule has 0 aliphatic carbocycles. The average Bonchev–Trinajstić information content (AvgIpc) is 3.17. The van der Waals surface area contributed by atoms with Gasteiger partial charge < -0.3 is 10.6 Å². The van der Waals surface area contributed by atoms with Gasteiger partial charge in [0.2, 0.25) is 5.91 Å². The van der Waals surface area contributed by atoms with E-state index < -0.39 is 0 Å². The molecule has 0 radical (unpaired) electrons. The molecule has 5 nitrogen and oxygen atoms in total. The zero-order valence-electron chi connectivity index (χ0n) is 15.5. The van der Waals surface area contributed by atoms with Crippen LogP contribution < -0.4 is 5.73 Å². The van der Waals surface area contributed by atoms with E-state index in [0.29, 0.717) is 18.4 Å². The molecule has 1 aliphatic heterocycles. The smallest absolute Gasteiger partial charge is 0.247 e. The quantitative estimate of drug-likeness (QED) is 0.859. The molecule has 0 bridgehead atoms. The first-order valence-electron chi connectivity index (χ1n) is 8.57. The van der Waals surface area contributed by atoms with Crippen LogP contribution in [-0.4, -0.2) is 40.2 Å². The lowest BCUT2D eigenvalue weighted by Gasteiger charge is -2.22. The monoisotopic (exact) mass is 398 g/mol. The lowest BCUT2D eigenvalue weighted by atomic mass is 9.89. The van der Waals surface area contributed by atoms with Gasteiger partial charge in [-0.15, -0.1) is 24.8 Å². The van der Waals surface area contributed by atoms with Gasteiger partial charge in [0.1, 0.15) is 6.04 Å². The van der Waals surface area contributed by atoms with Gasteiger partial charge >= 0.3 is 0 Å². The lowest BCUT2D eigenvalue weighted by molar-refractivity contribution is -0.133. The van der Waals surface area contributed by atoms with Gasteiger partial charge in [-0.05, 0) is 44.9 Å². The standard InChI is InChI=1S/C19H26N4O.2ClH/c1-13-9-14(2)23(21-13)15(3)19(24)22-11-17(10-20)18(12-22)16-7-5-4-6-8-16;;/h4-9,15,17-18H,10-12,20H2,1-3H3;2*1H/t15?,17-,18+;;/m1../s1. The highest BCUT2D eigenvalue weighted by molar-refractivity contribution is 5.85. The maximum atomic E-state index is 13.0. The molecule has 1 saturated heterocycles. The molecule has 2 N–H and O–H groups in total. The van der Waals surface area contributed by atoms with Crippen molar-refractivity contribution in [1.82, 2.24) is 14.7 Å². The van der Waals surface area contributed by atoms with Crippen LogP contribution in [0.5, 0.6) is 0 Å². The fraction of sp³-hybridized carbons (Fsp3) is 0.474. The van der Waals surface area contributed by atoms with Crippen molar-refractivity contribution < 1.29 is 4.79 Å². The molecule has 0 spiro atoms. The number of carbonyl (C=O) groups excluding carboxylic acids is 1. The second kappa shape index (κ2) is 9.40. The van der Waals surface area contributed by atoms with E-state index in [4.69, 9.17) is 5.73 Å². The second-order valence-electron chi connectivity index (χ2n) is 6.80. The van der Waals surface area contributed by atoms with Gasteiger partial charge in [0.15, 0.2) is 0 Å². The molecule has 144 valence electrons. The Labute approximate surface area is 167 Å². The maximum absolute atomic E-state index is 13.0. The number of likely N-dealkylation sites (tertiary alicyclic amines) is 1. The van der Waals surface area contributed by atoms with Crippen molar-refractivity contribution in [2.45, 2.75) is 32.7 Å². The molecule has 1 amide bonds. The number of hydrogen-bond acceptors (Lipinski definition) is 3. The first-order valence-corrected chi connectivity index (χ1v) is 8.57. The zero-order chi connectivity index (χ0) is 17.3. The highest BCUT2D eigenvalue weighted by atomic mass is 35.5. The molecule has 2 aromatic rings. The summed E-state index contributed by atoms with van der Waals surface area (Å²) in [5, 5.41) is 4.46. The van der Waals surface area contributed by atoms with Crippen molar-refractivity contribution in [2.75, 3.05) is 19.6 Å². The van der Waals surface area contributed by atoms with E-state index in [1.54, 1.807) is 0 Å². The van der Waals surface area contributed by atoms with E-state index in [0.717, 1.165) is 24.5 Å². The van der Waals surface area contributed by atoms with Gasteiger partial charge in [-0.2, -0.15) is 5.10 Å². The van der Waals surface area contributed by atoms with E-state index in [1.807, 2.05) is 54.6 Å². The molecule has 0 saturated carbocycles. The molecule has 1 aliphatic rings. The largest absolute Gasteiger partial charge is 0.340 e. The van der Waals surface area contributed by atoms with Crippen LogP contribution in [0.2, 0.25) is 0 Å². The number of aromatic nitrogens is 2. The molecule has 2 heterocycles. The fourth-order valence-corrected chi connectivity index (χ4v) is 3.77. The molecule has 1 aromatic heterocycles. The summed E-state index contributed by atoms with van der Waals surface area (Å²) in [4.78, 5) is 14.9. The second-order valence-corrected chi connectivity index (χ2v) is 6.80. The van der Waals surface area contributed by atoms with Gasteiger partial charge in [-0.25, -0.2) is 0 Å². The van der Waals surface area contributed by atoms with Gasteiger partial charge in [0, 0.05) is 24.7 Å². The fourth-order valence-electron chi connectivity index (χ4n) is 3.77. The Balaban J connectivity index is 0.00000169. The summed E-state index contributed by atoms with van der Waals surface area (Å²) in [6, 6.07) is 12.1. The van der Waals surface area contributed by atoms with Crippen molar-refractivity contribution in [3.63, 3.8) is 0 Å². The minimum atomic E-state index is -0.286. The van der Waals surface area contributed by atoms with Crippen molar-refractivity contribution in [3.05, 3.63) is 53.3 Å². The molecular formula is C19H28Cl2N4O. The molecule has 26 heavy (non-hydrogen) atoms. The number of nitrogens with two attached hydrogens (primary N) is 1. The van der Waals surface area contributed by atoms with Gasteiger partial charge in [0.05, 0.1) is 5.69 Å². The zero-order valence-corrected chi connectivity index (χ0v) is 17.1. The maximum Gasteiger partial charge on any atom is 0.247 e. The Hall–Kier alpha value is -1.56. The molecule has 3 atom stereocenters. The summed E-state index contributed by atoms with van der Waals surface area (Å²) >= 11 is 0. The number of amides is 1. The molecular weight excluding hydrogens is 371 g/mol. The molecule has 1 aromatic carbocycles. The normalized spacial score (nSPS) is 20.2. The summed E-state index contributed by atoms with van der Waals surface area (Å²) in [5.74, 6) is 0.745. The van der Waals surface area contributed by atoms with Crippen molar-refractivity contribution in [1.29, 1.82) is 0 Å². The summed E-state index contributed by atoms with van der Waals surface area (Å²) in [5.41, 5.74) is 9.21. The Morgan fingerprint density at radius 3 is 2.42 bits per heavy atom. The van der Waals surface area contributed by atoms with Crippen molar-refractivity contribution in [3.8, 4) is 0 Å². The Morgan fingerprint density at radius 2 is 1.88 bits per heavy atom. The van der Waals surface area contributed by atoms with E-state index in [-0.39, 0.29) is 36.8 Å². The number of aryl methyl sites for hydroxylation is 2. The van der Waals surface area contributed by atoms with Crippen LogP contribution in [0.25, 0.3) is 0 Å². The Morgan fingerprint density at radius 1 is 1.23 bits per heavy atom. The number of rotatable bonds is 4. The van der Waals surface area contributed by atoms with E-state index in [1.165, 1.54) is 5.56 Å². The van der Waals surface area contributed by atoms with Crippen LogP contribution >= 0.6 is 24.8 Å². The summed E-state index contributed by atoms with van der Waals surface area (Å²) in [6.07, 6.45) is 0. The van der Waals surface area contributed by atoms with Crippen LogP contribution in [0.4, 0.5) is 0 Å². The molecule has 7 heteroatoms. The van der Waals surface area contributed by atoms with Crippen LogP contribution in [-0.2, 0) is 4.79 Å². The predicted molar refractivity (Wildman–Crippen MR) is 109 cm³/mol. The lowest BCUT2D eigenvalue weighted by Crippen LogP contribution is -2.36. The van der Waals surface area contributed by atoms with Gasteiger partial charge in [0.25, 0.3) is 0 Å². The van der Waals surface area contributed by atoms with Crippen LogP contribution in [0.3, 0.4) is 0 Å². The number of nitrogens with zero attached hydrogens (tertiary/aromatic N) is 3. The van der Waals surface area contributed by atoms with Gasteiger partial charge in [-0.1, -0.05) is 30.3 Å². The van der Waals surface area contributed by atoms with E-state index in [9.17, 15) is 4.79 Å².